The lowest BCUT2D eigenvalue weighted by molar-refractivity contribution is -0.139. The summed E-state index contributed by atoms with van der Waals surface area (Å²) in [5, 5.41) is 3.28. The molecule has 5 nitrogen and oxygen atoms in total. The van der Waals surface area contributed by atoms with E-state index < -0.39 is 11.5 Å². The van der Waals surface area contributed by atoms with Crippen molar-refractivity contribution in [2.24, 2.45) is 21.7 Å². The topological polar surface area (TPSA) is 55.0 Å². The summed E-state index contributed by atoms with van der Waals surface area (Å²) < 4.78 is 5.60. The van der Waals surface area contributed by atoms with Crippen molar-refractivity contribution in [3.05, 3.63) is 22.7 Å². The Morgan fingerprint density at radius 1 is 1.39 bits per heavy atom. The number of ketones is 1. The van der Waals surface area contributed by atoms with Gasteiger partial charge in [-0.05, 0) is 25.7 Å². The lowest BCUT2D eigenvalue weighted by atomic mass is 9.50. The van der Waals surface area contributed by atoms with Crippen molar-refractivity contribution in [1.29, 1.82) is 0 Å². The Kier molecular flexibility index (Phi) is 3.64. The van der Waals surface area contributed by atoms with Crippen LogP contribution in [0.4, 0.5) is 0 Å². The van der Waals surface area contributed by atoms with Crippen LogP contribution in [0, 0.1) is 23.3 Å². The van der Waals surface area contributed by atoms with Gasteiger partial charge < -0.3 is 14.9 Å². The zero-order valence-corrected chi connectivity index (χ0v) is 14.6. The summed E-state index contributed by atoms with van der Waals surface area (Å²) in [6.45, 7) is 15.6. The molecule has 124 valence electrons. The first-order chi connectivity index (χ1) is 10.8. The first kappa shape index (κ1) is 16.2. The lowest BCUT2D eigenvalue weighted by Gasteiger charge is -2.53. The van der Waals surface area contributed by atoms with E-state index in [2.05, 4.69) is 17.1 Å². The summed E-state index contributed by atoms with van der Waals surface area (Å²) in [5.41, 5.74) is 1.50. The van der Waals surface area contributed by atoms with E-state index in [4.69, 9.17) is 16.3 Å². The Morgan fingerprint density at radius 3 is 2.70 bits per heavy atom. The summed E-state index contributed by atoms with van der Waals surface area (Å²) in [6, 6.07) is -0.565. The summed E-state index contributed by atoms with van der Waals surface area (Å²) in [5.74, 6) is 1.15. The molecule has 0 saturated heterocycles. The van der Waals surface area contributed by atoms with Crippen LogP contribution in [-0.4, -0.2) is 31.0 Å². The number of allylic oxidation sites excluding steroid dienone is 1. The number of nitrogens with zero attached hydrogens (tertiary/aromatic N) is 2. The highest BCUT2D eigenvalue weighted by molar-refractivity contribution is 5.92. The molecule has 1 aliphatic heterocycles. The Labute approximate surface area is 138 Å². The standard InChI is InChI=1S/C18H25N3O2/c1-10-20-14-11(16(21-10)23-6)7-8-13-17(2,3)15(22)12(19-5)9-18(13,14)4/h12-13,16H,7-9H2,1-4,6H3,(H,20,21)/t12?,13-,16?,18-/m0/s1. The average Bonchev–Trinajstić information content (AvgIpc) is 2.51. The lowest BCUT2D eigenvalue weighted by Crippen LogP contribution is -2.56. The van der Waals surface area contributed by atoms with Crippen LogP contribution in [0.15, 0.2) is 16.3 Å². The van der Waals surface area contributed by atoms with Crippen molar-refractivity contribution in [1.82, 2.24) is 5.32 Å². The third-order valence-electron chi connectivity index (χ3n) is 6.07. The van der Waals surface area contributed by atoms with Crippen LogP contribution >= 0.6 is 0 Å². The van der Waals surface area contributed by atoms with E-state index in [1.807, 2.05) is 20.8 Å². The molecular weight excluding hydrogens is 290 g/mol. The van der Waals surface area contributed by atoms with E-state index in [0.717, 1.165) is 24.4 Å². The molecular formula is C18H25N3O2. The third-order valence-corrected chi connectivity index (χ3v) is 6.07. The predicted molar refractivity (Wildman–Crippen MR) is 88.7 cm³/mol. The van der Waals surface area contributed by atoms with E-state index in [-0.39, 0.29) is 23.3 Å². The highest BCUT2D eigenvalue weighted by Crippen LogP contribution is 2.59. The van der Waals surface area contributed by atoms with Crippen molar-refractivity contribution in [3.63, 3.8) is 0 Å². The first-order valence-corrected chi connectivity index (χ1v) is 8.24. The molecule has 0 amide bonds. The second-order valence-electron chi connectivity index (χ2n) is 7.77. The van der Waals surface area contributed by atoms with Crippen LogP contribution in [0.5, 0.6) is 0 Å². The Bertz CT molecular complexity index is 656. The second kappa shape index (κ2) is 5.17. The SMILES string of the molecule is [C-]#[N+]C1C[C@]2(C)C3=C(CC[C@H]2C(C)(C)C1=O)C(OC)NC(C)=N3. The Morgan fingerprint density at radius 2 is 2.09 bits per heavy atom. The fourth-order valence-corrected chi connectivity index (χ4v) is 5.00. The number of ether oxygens (including phenoxy) is 1. The largest absolute Gasteiger partial charge is 0.358 e. The van der Waals surface area contributed by atoms with Crippen molar-refractivity contribution in [2.75, 3.05) is 7.11 Å². The van der Waals surface area contributed by atoms with Gasteiger partial charge in [-0.25, -0.2) is 11.6 Å². The van der Waals surface area contributed by atoms with Gasteiger partial charge in [0.15, 0.2) is 6.23 Å². The highest BCUT2D eigenvalue weighted by Gasteiger charge is 2.61. The number of nitrogens with one attached hydrogen (secondary N) is 1. The maximum Gasteiger partial charge on any atom is 0.282 e. The van der Waals surface area contributed by atoms with Crippen LogP contribution in [-0.2, 0) is 9.53 Å². The summed E-state index contributed by atoms with van der Waals surface area (Å²) in [6.07, 6.45) is 2.24. The molecule has 3 rings (SSSR count). The molecule has 2 aliphatic carbocycles. The molecule has 5 heteroatoms. The highest BCUT2D eigenvalue weighted by atomic mass is 16.5. The predicted octanol–water partition coefficient (Wildman–Crippen LogP) is 2.94. The van der Waals surface area contributed by atoms with Gasteiger partial charge in [-0.3, -0.25) is 4.79 Å². The third kappa shape index (κ3) is 2.15. The number of hydrogen-bond acceptors (Lipinski definition) is 4. The number of fused-ring (bicyclic) bond motifs is 2. The number of aliphatic imine (C=N–C) groups is 1. The molecule has 1 fully saturated rings. The van der Waals surface area contributed by atoms with Crippen LogP contribution in [0.3, 0.4) is 0 Å². The van der Waals surface area contributed by atoms with E-state index >= 15 is 0 Å². The number of carbonyl (C=O) groups is 1. The molecule has 0 aromatic rings. The van der Waals surface area contributed by atoms with Gasteiger partial charge in [-0.1, -0.05) is 20.8 Å². The van der Waals surface area contributed by atoms with Crippen molar-refractivity contribution >= 4 is 11.6 Å². The van der Waals surface area contributed by atoms with Crippen molar-refractivity contribution in [2.45, 2.75) is 59.2 Å². The van der Waals surface area contributed by atoms with Crippen molar-refractivity contribution < 1.29 is 9.53 Å². The minimum atomic E-state index is -0.565. The minimum Gasteiger partial charge on any atom is -0.358 e. The molecule has 0 radical (unpaired) electrons. The zero-order chi connectivity index (χ0) is 17.0. The molecule has 4 atom stereocenters. The summed E-state index contributed by atoms with van der Waals surface area (Å²) >= 11 is 0. The monoisotopic (exact) mass is 315 g/mol. The number of Topliss-reactive ketones (excluding diaryl/α,β-unsaturated/α-hetero) is 1. The number of rotatable bonds is 1. The van der Waals surface area contributed by atoms with Crippen molar-refractivity contribution in [3.8, 4) is 0 Å². The number of methoxy groups -OCH3 is 1. The number of carbonyl (C=O) groups excluding carboxylic acids is 1. The average molecular weight is 315 g/mol. The molecule has 1 saturated carbocycles. The molecule has 0 spiro atoms. The molecule has 3 aliphatic rings. The molecule has 23 heavy (non-hydrogen) atoms. The molecule has 1 heterocycles. The quantitative estimate of drug-likeness (QED) is 0.757. The van der Waals surface area contributed by atoms with Crippen LogP contribution in [0.25, 0.3) is 4.85 Å². The molecule has 1 N–H and O–H groups in total. The second-order valence-corrected chi connectivity index (χ2v) is 7.77. The van der Waals surface area contributed by atoms with Gasteiger partial charge in [0.2, 0.25) is 5.78 Å². The first-order valence-electron chi connectivity index (χ1n) is 8.24. The fraction of sp³-hybridized carbons (Fsp3) is 0.722. The van der Waals surface area contributed by atoms with Gasteiger partial charge in [-0.2, -0.15) is 0 Å². The maximum atomic E-state index is 12.7. The van der Waals surface area contributed by atoms with Gasteiger partial charge in [0.1, 0.15) is 5.84 Å². The Balaban J connectivity index is 2.15. The Hall–Kier alpha value is -1.67. The molecule has 0 aromatic heterocycles. The van der Waals surface area contributed by atoms with E-state index in [9.17, 15) is 4.79 Å². The normalized spacial score (nSPS) is 38.9. The van der Waals surface area contributed by atoms with Crippen LogP contribution in [0.2, 0.25) is 0 Å². The van der Waals surface area contributed by atoms with Gasteiger partial charge in [0.25, 0.3) is 6.04 Å². The summed E-state index contributed by atoms with van der Waals surface area (Å²) in [7, 11) is 1.70. The maximum absolute atomic E-state index is 12.7. The van der Waals surface area contributed by atoms with E-state index in [1.54, 1.807) is 7.11 Å². The minimum absolute atomic E-state index is 0.0944. The summed E-state index contributed by atoms with van der Waals surface area (Å²) in [4.78, 5) is 21.2. The van der Waals surface area contributed by atoms with E-state index in [0.29, 0.717) is 6.42 Å². The number of hydrogen-bond donors (Lipinski definition) is 1. The smallest absolute Gasteiger partial charge is 0.282 e. The molecule has 2 unspecified atom stereocenters. The van der Waals surface area contributed by atoms with Gasteiger partial charge in [0, 0.05) is 29.9 Å². The zero-order valence-electron chi connectivity index (χ0n) is 14.6. The number of amidine groups is 1. The van der Waals surface area contributed by atoms with Crippen LogP contribution in [0.1, 0.15) is 47.0 Å². The van der Waals surface area contributed by atoms with E-state index in [1.165, 1.54) is 5.57 Å². The molecule has 0 bridgehead atoms. The fourth-order valence-electron chi connectivity index (χ4n) is 5.00. The molecule has 0 aromatic carbocycles. The van der Waals surface area contributed by atoms with Gasteiger partial charge in [-0.15, -0.1) is 0 Å². The van der Waals surface area contributed by atoms with Gasteiger partial charge in [0.05, 0.1) is 5.70 Å². The van der Waals surface area contributed by atoms with Crippen LogP contribution < -0.4 is 5.32 Å². The van der Waals surface area contributed by atoms with Gasteiger partial charge >= 0.3 is 0 Å².